The smallest absolute Gasteiger partial charge is 0.460 e. The van der Waals surface area contributed by atoms with Gasteiger partial charge in [-0.1, -0.05) is 6.07 Å². The van der Waals surface area contributed by atoms with Crippen molar-refractivity contribution in [3.8, 4) is 0 Å². The highest BCUT2D eigenvalue weighted by molar-refractivity contribution is 6.62. The second kappa shape index (κ2) is 8.64. The molecule has 3 rings (SSSR count). The predicted molar refractivity (Wildman–Crippen MR) is 125 cm³/mol. The summed E-state index contributed by atoms with van der Waals surface area (Å²) >= 11 is 0. The minimum Gasteiger partial charge on any atom is -0.460 e. The summed E-state index contributed by atoms with van der Waals surface area (Å²) in [6.45, 7) is 14.3. The summed E-state index contributed by atoms with van der Waals surface area (Å²) in [6, 6.07) is 1.12. The van der Waals surface area contributed by atoms with Gasteiger partial charge in [0.05, 0.1) is 17.2 Å². The van der Waals surface area contributed by atoms with Crippen LogP contribution in [-0.4, -0.2) is 52.6 Å². The molecule has 1 aromatic rings. The molecule has 2 heterocycles. The average molecular weight is 476 g/mol. The zero-order valence-corrected chi connectivity index (χ0v) is 21.2. The molecule has 1 aromatic carbocycles. The van der Waals surface area contributed by atoms with E-state index in [1.165, 1.54) is 17.0 Å². The lowest BCUT2D eigenvalue weighted by Crippen LogP contribution is -2.46. The van der Waals surface area contributed by atoms with E-state index in [4.69, 9.17) is 19.8 Å². The van der Waals surface area contributed by atoms with E-state index in [0.29, 0.717) is 0 Å². The van der Waals surface area contributed by atoms with Crippen LogP contribution in [0.2, 0.25) is 0 Å². The van der Waals surface area contributed by atoms with Crippen molar-refractivity contribution in [3.05, 3.63) is 29.1 Å². The SMILES string of the molecule is C[C@@H]1c2c(ccc(B3OC(C)(C)C(C)(C)O3)c2F)C(=O)N1[C@@H](CCC(=O)OC(C)(C)C)C(N)=O. The number of hydrogen-bond acceptors (Lipinski definition) is 6. The van der Waals surface area contributed by atoms with E-state index >= 15 is 4.39 Å². The van der Waals surface area contributed by atoms with Crippen LogP contribution in [0.3, 0.4) is 0 Å². The molecule has 0 bridgehead atoms. The third-order valence-corrected chi connectivity index (χ3v) is 6.72. The van der Waals surface area contributed by atoms with E-state index in [1.807, 2.05) is 27.7 Å². The number of nitrogens with zero attached hydrogens (tertiary/aromatic N) is 1. The highest BCUT2D eigenvalue weighted by atomic mass is 19.1. The lowest BCUT2D eigenvalue weighted by Gasteiger charge is -2.32. The predicted octanol–water partition coefficient (Wildman–Crippen LogP) is 2.62. The van der Waals surface area contributed by atoms with E-state index < -0.39 is 59.6 Å². The van der Waals surface area contributed by atoms with Crippen molar-refractivity contribution in [2.24, 2.45) is 5.73 Å². The van der Waals surface area contributed by atoms with Crippen molar-refractivity contribution in [2.45, 2.75) is 97.1 Å². The number of fused-ring (bicyclic) bond motifs is 1. The molecular weight excluding hydrogens is 442 g/mol. The van der Waals surface area contributed by atoms with Gasteiger partial charge in [0.25, 0.3) is 5.91 Å². The molecule has 0 aromatic heterocycles. The number of amides is 2. The van der Waals surface area contributed by atoms with Crippen LogP contribution in [0.4, 0.5) is 4.39 Å². The Bertz CT molecular complexity index is 1000. The van der Waals surface area contributed by atoms with Gasteiger partial charge in [-0.25, -0.2) is 4.39 Å². The van der Waals surface area contributed by atoms with Gasteiger partial charge in [-0.3, -0.25) is 14.4 Å². The quantitative estimate of drug-likeness (QED) is 0.500. The van der Waals surface area contributed by atoms with Crippen LogP contribution >= 0.6 is 0 Å². The first-order chi connectivity index (χ1) is 15.5. The lowest BCUT2D eigenvalue weighted by molar-refractivity contribution is -0.155. The zero-order chi connectivity index (χ0) is 25.8. The number of esters is 1. The van der Waals surface area contributed by atoms with Crippen LogP contribution in [-0.2, 0) is 23.6 Å². The van der Waals surface area contributed by atoms with Crippen molar-refractivity contribution in [3.63, 3.8) is 0 Å². The van der Waals surface area contributed by atoms with Crippen LogP contribution in [0.15, 0.2) is 12.1 Å². The fourth-order valence-electron chi connectivity index (χ4n) is 4.29. The molecule has 1 saturated heterocycles. The van der Waals surface area contributed by atoms with Gasteiger partial charge in [0.1, 0.15) is 17.5 Å². The van der Waals surface area contributed by atoms with Gasteiger partial charge < -0.3 is 24.7 Å². The number of carbonyl (C=O) groups is 3. The first kappa shape index (κ1) is 26.2. The summed E-state index contributed by atoms with van der Waals surface area (Å²) in [4.78, 5) is 38.9. The summed E-state index contributed by atoms with van der Waals surface area (Å²) in [5.41, 5.74) is 4.09. The summed E-state index contributed by atoms with van der Waals surface area (Å²) in [5, 5.41) is 0. The largest absolute Gasteiger partial charge is 0.497 e. The topological polar surface area (TPSA) is 108 Å². The molecule has 0 radical (unpaired) electrons. The van der Waals surface area contributed by atoms with Crippen molar-refractivity contribution in [2.75, 3.05) is 0 Å². The Labute approximate surface area is 200 Å². The standard InChI is InChI=1S/C24H34BFN2O6/c1-13-18-14(9-10-15(19(18)26)25-33-23(5,6)24(7,8)34-25)21(31)28(13)16(20(27)30)11-12-17(29)32-22(2,3)4/h9-10,13,16H,11-12H2,1-8H3,(H2,27,30)/t13-,16+/m1/s1. The van der Waals surface area contributed by atoms with Crippen LogP contribution in [0, 0.1) is 5.82 Å². The zero-order valence-electron chi connectivity index (χ0n) is 21.2. The Morgan fingerprint density at radius 2 is 1.76 bits per heavy atom. The van der Waals surface area contributed by atoms with E-state index in [1.54, 1.807) is 27.7 Å². The number of rotatable bonds is 6. The first-order valence-electron chi connectivity index (χ1n) is 11.5. The van der Waals surface area contributed by atoms with Crippen molar-refractivity contribution >= 4 is 30.4 Å². The van der Waals surface area contributed by atoms with Crippen LogP contribution in [0.25, 0.3) is 0 Å². The summed E-state index contributed by atoms with van der Waals surface area (Å²) in [5.74, 6) is -2.42. The number of ether oxygens (including phenoxy) is 1. The highest BCUT2D eigenvalue weighted by Crippen LogP contribution is 2.40. The van der Waals surface area contributed by atoms with E-state index in [0.717, 1.165) is 0 Å². The number of hydrogen-bond donors (Lipinski definition) is 1. The molecule has 0 saturated carbocycles. The average Bonchev–Trinajstić information content (AvgIpc) is 3.04. The molecule has 34 heavy (non-hydrogen) atoms. The van der Waals surface area contributed by atoms with Crippen LogP contribution in [0.1, 0.15) is 90.2 Å². The van der Waals surface area contributed by atoms with Crippen molar-refractivity contribution in [1.29, 1.82) is 0 Å². The van der Waals surface area contributed by atoms with E-state index in [2.05, 4.69) is 0 Å². The minimum atomic E-state index is -1.10. The molecule has 2 amide bonds. The maximum Gasteiger partial charge on any atom is 0.497 e. The second-order valence-corrected chi connectivity index (χ2v) is 10.9. The van der Waals surface area contributed by atoms with E-state index in [9.17, 15) is 14.4 Å². The molecule has 0 aliphatic carbocycles. The molecule has 10 heteroatoms. The maximum absolute atomic E-state index is 15.8. The minimum absolute atomic E-state index is 0.0278. The van der Waals surface area contributed by atoms with Gasteiger partial charge in [0, 0.05) is 23.0 Å². The lowest BCUT2D eigenvalue weighted by atomic mass is 9.76. The van der Waals surface area contributed by atoms with E-state index in [-0.39, 0.29) is 29.4 Å². The fraction of sp³-hybridized carbons (Fsp3) is 0.625. The number of halogens is 1. The third-order valence-electron chi connectivity index (χ3n) is 6.72. The third kappa shape index (κ3) is 4.70. The van der Waals surface area contributed by atoms with Crippen LogP contribution in [0.5, 0.6) is 0 Å². The number of nitrogens with two attached hydrogens (primary N) is 1. The normalized spacial score (nSPS) is 22.0. The Morgan fingerprint density at radius 3 is 2.26 bits per heavy atom. The van der Waals surface area contributed by atoms with Gasteiger partial charge in [-0.05, 0) is 67.9 Å². The second-order valence-electron chi connectivity index (χ2n) is 10.9. The molecule has 2 atom stereocenters. The van der Waals surface area contributed by atoms with Crippen LogP contribution < -0.4 is 11.2 Å². The van der Waals surface area contributed by atoms with Gasteiger partial charge in [0.2, 0.25) is 5.91 Å². The number of benzene rings is 1. The van der Waals surface area contributed by atoms with Gasteiger partial charge in [-0.15, -0.1) is 0 Å². The molecule has 2 aliphatic rings. The fourth-order valence-corrected chi connectivity index (χ4v) is 4.29. The maximum atomic E-state index is 15.8. The molecule has 8 nitrogen and oxygen atoms in total. The molecule has 2 N–H and O–H groups in total. The number of primary amides is 1. The molecule has 0 unspecified atom stereocenters. The van der Waals surface area contributed by atoms with Gasteiger partial charge >= 0.3 is 13.1 Å². The van der Waals surface area contributed by atoms with Crippen molar-refractivity contribution in [1.82, 2.24) is 4.90 Å². The monoisotopic (exact) mass is 476 g/mol. The number of carbonyl (C=O) groups excluding carboxylic acids is 3. The van der Waals surface area contributed by atoms with Crippen molar-refractivity contribution < 1.29 is 32.8 Å². The molecule has 0 spiro atoms. The first-order valence-corrected chi connectivity index (χ1v) is 11.5. The van der Waals surface area contributed by atoms with Gasteiger partial charge in [-0.2, -0.15) is 0 Å². The molecule has 186 valence electrons. The summed E-state index contributed by atoms with van der Waals surface area (Å²) in [7, 11) is -0.939. The Balaban J connectivity index is 1.87. The Morgan fingerprint density at radius 1 is 1.21 bits per heavy atom. The molecule has 2 aliphatic heterocycles. The molecular formula is C24H34BFN2O6. The van der Waals surface area contributed by atoms with Gasteiger partial charge in [0.15, 0.2) is 0 Å². The highest BCUT2D eigenvalue weighted by Gasteiger charge is 2.53. The Hall–Kier alpha value is -2.46. The Kier molecular flexibility index (Phi) is 6.65. The summed E-state index contributed by atoms with van der Waals surface area (Å²) in [6.07, 6.45) is -0.139. The summed E-state index contributed by atoms with van der Waals surface area (Å²) < 4.78 is 33.0. The molecule has 1 fully saturated rings.